The van der Waals surface area contributed by atoms with E-state index in [9.17, 15) is 4.79 Å². The van der Waals surface area contributed by atoms with E-state index in [1.807, 2.05) is 24.3 Å². The molecule has 1 aromatic carbocycles. The quantitative estimate of drug-likeness (QED) is 0.693. The molecule has 0 spiro atoms. The summed E-state index contributed by atoms with van der Waals surface area (Å²) in [6, 6.07) is 9.76. The number of amides is 1. The minimum Gasteiger partial charge on any atom is -0.401 e. The molecule has 2 aromatic heterocycles. The van der Waals surface area contributed by atoms with Gasteiger partial charge in [-0.15, -0.1) is 16.9 Å². The van der Waals surface area contributed by atoms with Crippen molar-refractivity contribution in [1.29, 1.82) is 0 Å². The maximum Gasteiger partial charge on any atom is 0.322 e. The number of nitrogens with zero attached hydrogens (tertiary/aromatic N) is 4. The van der Waals surface area contributed by atoms with Crippen molar-refractivity contribution in [3.63, 3.8) is 0 Å². The maximum atomic E-state index is 12.1. The van der Waals surface area contributed by atoms with E-state index in [-0.39, 0.29) is 24.2 Å². The average Bonchev–Trinajstić information content (AvgIpc) is 3.18. The molecule has 2 heterocycles. The second-order valence-electron chi connectivity index (χ2n) is 5.09. The topological polar surface area (TPSA) is 85.8 Å². The van der Waals surface area contributed by atoms with Gasteiger partial charge in [-0.1, -0.05) is 24.2 Å². The highest BCUT2D eigenvalue weighted by Crippen LogP contribution is 2.19. The van der Waals surface area contributed by atoms with Crippen molar-refractivity contribution in [2.24, 2.45) is 7.05 Å². The van der Waals surface area contributed by atoms with E-state index in [1.54, 1.807) is 35.8 Å². The first-order valence-electron chi connectivity index (χ1n) is 7.49. The maximum absolute atomic E-state index is 12.1. The Morgan fingerprint density at radius 1 is 1.25 bits per heavy atom. The lowest BCUT2D eigenvalue weighted by Gasteiger charge is -2.03. The van der Waals surface area contributed by atoms with Gasteiger partial charge in [-0.2, -0.15) is 5.10 Å². The van der Waals surface area contributed by atoms with Gasteiger partial charge in [0.2, 0.25) is 5.91 Å². The van der Waals surface area contributed by atoms with Crippen molar-refractivity contribution in [2.75, 3.05) is 11.1 Å². The van der Waals surface area contributed by atoms with Crippen LogP contribution in [0.1, 0.15) is 12.5 Å². The van der Waals surface area contributed by atoms with Gasteiger partial charge in [-0.3, -0.25) is 14.8 Å². The highest BCUT2D eigenvalue weighted by Gasteiger charge is 2.13. The van der Waals surface area contributed by atoms with E-state index in [4.69, 9.17) is 4.42 Å². The summed E-state index contributed by atoms with van der Waals surface area (Å²) in [6.07, 6.45) is 2.02. The van der Waals surface area contributed by atoms with Crippen LogP contribution in [0.15, 0.2) is 45.8 Å². The zero-order valence-corrected chi connectivity index (χ0v) is 14.2. The average molecular weight is 343 g/mol. The van der Waals surface area contributed by atoms with Crippen LogP contribution in [0.3, 0.4) is 0 Å². The molecule has 0 saturated heterocycles. The first kappa shape index (κ1) is 16.3. The molecule has 0 bridgehead atoms. The number of thioether (sulfide) groups is 1. The summed E-state index contributed by atoms with van der Waals surface area (Å²) in [5.74, 6) is 1.09. The summed E-state index contributed by atoms with van der Waals surface area (Å²) in [4.78, 5) is 13.3. The normalized spacial score (nSPS) is 10.8. The minimum atomic E-state index is -0.206. The number of aromatic nitrogens is 4. The molecular formula is C16H17N5O2S. The number of hydrogen-bond acceptors (Lipinski definition) is 6. The molecular weight excluding hydrogens is 326 g/mol. The number of hydrogen-bond donors (Lipinski definition) is 1. The number of benzene rings is 1. The summed E-state index contributed by atoms with van der Waals surface area (Å²) < 4.78 is 7.05. The molecule has 0 aliphatic rings. The fraction of sp³-hybridized carbons (Fsp3) is 0.250. The van der Waals surface area contributed by atoms with Gasteiger partial charge in [0.15, 0.2) is 0 Å². The summed E-state index contributed by atoms with van der Waals surface area (Å²) in [5, 5.41) is 14.5. The van der Waals surface area contributed by atoms with E-state index in [0.717, 1.165) is 11.3 Å². The van der Waals surface area contributed by atoms with E-state index >= 15 is 0 Å². The van der Waals surface area contributed by atoms with E-state index in [0.29, 0.717) is 5.69 Å². The Balaban J connectivity index is 1.59. The predicted molar refractivity (Wildman–Crippen MR) is 91.7 cm³/mol. The standard InChI is InChI=1S/C16H17N5O2S/c1-3-24-12-6-4-11(5-7-12)10-14(22)17-16-19-18-15(23-16)13-8-9-21(2)20-13/h4-9H,3,10H2,1-2H3,(H,17,19,22). The Kier molecular flexibility index (Phi) is 4.95. The first-order valence-corrected chi connectivity index (χ1v) is 8.47. The molecule has 0 saturated carbocycles. The lowest BCUT2D eigenvalue weighted by atomic mass is 10.1. The molecule has 7 nitrogen and oxygen atoms in total. The van der Waals surface area contributed by atoms with Crippen LogP contribution >= 0.6 is 11.8 Å². The number of carbonyl (C=O) groups is 1. The first-order chi connectivity index (χ1) is 11.6. The fourth-order valence-corrected chi connectivity index (χ4v) is 2.79. The molecule has 0 fully saturated rings. The Morgan fingerprint density at radius 3 is 2.71 bits per heavy atom. The SMILES string of the molecule is CCSc1ccc(CC(=O)Nc2nnc(-c3ccn(C)n3)o2)cc1. The third-order valence-corrected chi connectivity index (χ3v) is 4.10. The molecule has 0 radical (unpaired) electrons. The van der Waals surface area contributed by atoms with Gasteiger partial charge in [0, 0.05) is 18.1 Å². The second-order valence-corrected chi connectivity index (χ2v) is 6.43. The summed E-state index contributed by atoms with van der Waals surface area (Å²) in [6.45, 7) is 2.11. The second kappa shape index (κ2) is 7.31. The van der Waals surface area contributed by atoms with Crippen molar-refractivity contribution < 1.29 is 9.21 Å². The molecule has 0 unspecified atom stereocenters. The highest BCUT2D eigenvalue weighted by molar-refractivity contribution is 7.99. The smallest absolute Gasteiger partial charge is 0.322 e. The van der Waals surface area contributed by atoms with Gasteiger partial charge >= 0.3 is 6.01 Å². The van der Waals surface area contributed by atoms with Crippen molar-refractivity contribution in [3.8, 4) is 11.6 Å². The fourth-order valence-electron chi connectivity index (χ4n) is 2.13. The molecule has 1 N–H and O–H groups in total. The van der Waals surface area contributed by atoms with Crippen LogP contribution < -0.4 is 5.32 Å². The highest BCUT2D eigenvalue weighted by atomic mass is 32.2. The predicted octanol–water partition coefficient (Wildman–Crippen LogP) is 2.76. The van der Waals surface area contributed by atoms with E-state index in [2.05, 4.69) is 27.5 Å². The molecule has 0 aliphatic carbocycles. The molecule has 3 aromatic rings. The van der Waals surface area contributed by atoms with Crippen LogP contribution in [0.25, 0.3) is 11.6 Å². The molecule has 24 heavy (non-hydrogen) atoms. The monoisotopic (exact) mass is 343 g/mol. The Bertz CT molecular complexity index is 825. The molecule has 124 valence electrons. The van der Waals surface area contributed by atoms with Gasteiger partial charge < -0.3 is 4.42 Å². The van der Waals surface area contributed by atoms with Crippen molar-refractivity contribution >= 4 is 23.7 Å². The van der Waals surface area contributed by atoms with Gasteiger partial charge in [0.25, 0.3) is 5.89 Å². The van der Waals surface area contributed by atoms with Crippen LogP contribution in [0.2, 0.25) is 0 Å². The molecule has 3 rings (SSSR count). The minimum absolute atomic E-state index is 0.0683. The van der Waals surface area contributed by atoms with Crippen molar-refractivity contribution in [2.45, 2.75) is 18.2 Å². The summed E-state index contributed by atoms with van der Waals surface area (Å²) in [7, 11) is 1.80. The number of rotatable bonds is 6. The van der Waals surface area contributed by atoms with Crippen LogP contribution in [-0.4, -0.2) is 31.6 Å². The molecule has 8 heteroatoms. The van der Waals surface area contributed by atoms with Gasteiger partial charge in [0.1, 0.15) is 5.69 Å². The number of aryl methyl sites for hydroxylation is 1. The van der Waals surface area contributed by atoms with Crippen LogP contribution in [0.4, 0.5) is 6.01 Å². The van der Waals surface area contributed by atoms with Crippen molar-refractivity contribution in [3.05, 3.63) is 42.1 Å². The van der Waals surface area contributed by atoms with Crippen molar-refractivity contribution in [1.82, 2.24) is 20.0 Å². The van der Waals surface area contributed by atoms with Crippen LogP contribution in [0, 0.1) is 0 Å². The summed E-state index contributed by atoms with van der Waals surface area (Å²) >= 11 is 1.77. The number of carbonyl (C=O) groups excluding carboxylic acids is 1. The zero-order valence-electron chi connectivity index (χ0n) is 13.4. The Morgan fingerprint density at radius 2 is 2.04 bits per heavy atom. The third kappa shape index (κ3) is 4.02. The van der Waals surface area contributed by atoms with Crippen LogP contribution in [0.5, 0.6) is 0 Å². The molecule has 1 amide bonds. The van der Waals surface area contributed by atoms with Crippen LogP contribution in [-0.2, 0) is 18.3 Å². The largest absolute Gasteiger partial charge is 0.401 e. The van der Waals surface area contributed by atoms with E-state index in [1.165, 1.54) is 4.90 Å². The zero-order chi connectivity index (χ0) is 16.9. The van der Waals surface area contributed by atoms with Gasteiger partial charge in [-0.25, -0.2) is 0 Å². The molecule has 0 aliphatic heterocycles. The lowest BCUT2D eigenvalue weighted by molar-refractivity contribution is -0.115. The Labute approximate surface area is 143 Å². The Hall–Kier alpha value is -2.61. The van der Waals surface area contributed by atoms with Gasteiger partial charge in [-0.05, 0) is 29.5 Å². The third-order valence-electron chi connectivity index (χ3n) is 3.20. The van der Waals surface area contributed by atoms with E-state index < -0.39 is 0 Å². The number of nitrogens with one attached hydrogen (secondary N) is 1. The van der Waals surface area contributed by atoms with Gasteiger partial charge in [0.05, 0.1) is 6.42 Å². The lowest BCUT2D eigenvalue weighted by Crippen LogP contribution is -2.14. The molecule has 0 atom stereocenters. The number of anilines is 1. The summed E-state index contributed by atoms with van der Waals surface area (Å²) in [5.41, 5.74) is 1.49.